The van der Waals surface area contributed by atoms with Gasteiger partial charge in [-0.25, -0.2) is 0 Å². The number of hydrogen-bond acceptors (Lipinski definition) is 5. The molecule has 180 valence electrons. The molecule has 0 aliphatic carbocycles. The molecule has 0 bridgehead atoms. The van der Waals surface area contributed by atoms with E-state index in [2.05, 4.69) is 75.5 Å². The molecule has 2 N–H and O–H groups in total. The number of aromatic amines is 1. The van der Waals surface area contributed by atoms with Crippen molar-refractivity contribution in [2.75, 3.05) is 38.6 Å². The van der Waals surface area contributed by atoms with E-state index < -0.39 is 0 Å². The van der Waals surface area contributed by atoms with Crippen molar-refractivity contribution >= 4 is 51.0 Å². The lowest BCUT2D eigenvalue weighted by Gasteiger charge is -2.35. The van der Waals surface area contributed by atoms with Crippen molar-refractivity contribution in [3.05, 3.63) is 62.0 Å². The highest BCUT2D eigenvalue weighted by Gasteiger charge is 2.21. The van der Waals surface area contributed by atoms with Crippen molar-refractivity contribution in [3.63, 3.8) is 0 Å². The lowest BCUT2D eigenvalue weighted by Crippen LogP contribution is -2.34. The Kier molecular flexibility index (Phi) is 7.93. The first kappa shape index (κ1) is 24.7. The molecular formula is C27H33IN4O2. The van der Waals surface area contributed by atoms with Crippen molar-refractivity contribution in [2.45, 2.75) is 26.2 Å². The zero-order chi connectivity index (χ0) is 24.2. The fourth-order valence-corrected chi connectivity index (χ4v) is 5.51. The summed E-state index contributed by atoms with van der Waals surface area (Å²) in [5, 5.41) is 11.6. The van der Waals surface area contributed by atoms with Crippen LogP contribution < -0.4 is 10.5 Å². The van der Waals surface area contributed by atoms with Gasteiger partial charge in [0.25, 0.3) is 5.56 Å². The molecule has 0 amide bonds. The molecule has 1 fully saturated rings. The van der Waals surface area contributed by atoms with E-state index >= 15 is 0 Å². The van der Waals surface area contributed by atoms with Crippen LogP contribution in [0.1, 0.15) is 31.7 Å². The quantitative estimate of drug-likeness (QED) is 0.294. The summed E-state index contributed by atoms with van der Waals surface area (Å²) in [6, 6.07) is 13.8. The van der Waals surface area contributed by atoms with Crippen LogP contribution in [-0.2, 0) is 0 Å². The van der Waals surface area contributed by atoms with Gasteiger partial charge in [-0.15, -0.1) is 0 Å². The summed E-state index contributed by atoms with van der Waals surface area (Å²) in [5.74, 6) is 1.40. The molecule has 3 aromatic rings. The number of nitrogens with zero attached hydrogens (tertiary/aromatic N) is 3. The maximum atomic E-state index is 12.2. The van der Waals surface area contributed by atoms with Gasteiger partial charge in [-0.2, -0.15) is 0 Å². The van der Waals surface area contributed by atoms with Crippen LogP contribution in [0.25, 0.3) is 10.8 Å². The molecule has 4 rings (SSSR count). The molecule has 1 aromatic heterocycles. The highest BCUT2D eigenvalue weighted by molar-refractivity contribution is 14.1. The molecule has 1 aliphatic heterocycles. The lowest BCUT2D eigenvalue weighted by molar-refractivity contribution is 0.269. The minimum Gasteiger partial charge on any atom is -0.494 e. The Balaban J connectivity index is 1.42. The minimum absolute atomic E-state index is 0.164. The summed E-state index contributed by atoms with van der Waals surface area (Å²) in [5.41, 5.74) is 2.25. The summed E-state index contributed by atoms with van der Waals surface area (Å²) in [7, 11) is 4.30. The molecule has 2 heterocycles. The molecule has 1 atom stereocenters. The monoisotopic (exact) mass is 572 g/mol. The Hall–Kier alpha value is -2.39. The molecule has 0 spiro atoms. The molecule has 1 aliphatic rings. The van der Waals surface area contributed by atoms with Crippen LogP contribution in [0.5, 0.6) is 5.88 Å². The van der Waals surface area contributed by atoms with E-state index in [1.54, 1.807) is 12.3 Å². The second kappa shape index (κ2) is 10.9. The molecule has 6 nitrogen and oxygen atoms in total. The number of pyridine rings is 1. The van der Waals surface area contributed by atoms with E-state index in [0.717, 1.165) is 40.7 Å². The highest BCUT2D eigenvalue weighted by Crippen LogP contribution is 2.29. The topological polar surface area (TPSA) is 71.9 Å². The smallest absolute Gasteiger partial charge is 0.258 e. The largest absolute Gasteiger partial charge is 0.494 e. The second-order valence-corrected chi connectivity index (χ2v) is 11.0. The van der Waals surface area contributed by atoms with Crippen molar-refractivity contribution in [1.29, 1.82) is 0 Å². The highest BCUT2D eigenvalue weighted by atomic mass is 127. The fraction of sp³-hybridized carbons (Fsp3) is 0.407. The van der Waals surface area contributed by atoms with Gasteiger partial charge in [-0.05, 0) is 110 Å². The minimum atomic E-state index is -0.304. The Morgan fingerprint density at radius 1 is 1.18 bits per heavy atom. The van der Waals surface area contributed by atoms with Crippen molar-refractivity contribution in [2.24, 2.45) is 16.8 Å². The van der Waals surface area contributed by atoms with E-state index in [0.29, 0.717) is 16.3 Å². The van der Waals surface area contributed by atoms with E-state index in [4.69, 9.17) is 0 Å². The number of hydrogen-bond donors (Lipinski definition) is 2. The van der Waals surface area contributed by atoms with Crippen LogP contribution in [0, 0.1) is 15.4 Å². The van der Waals surface area contributed by atoms with Crippen LogP contribution in [0.4, 0.5) is 11.4 Å². The SMILES string of the molecule is C[C@H](CC1CCN(c2ccc(N=Cc3c(O)[nH]c(=O)c4ccc(I)cc34)cc2)CC1)CN(C)C. The van der Waals surface area contributed by atoms with Crippen molar-refractivity contribution < 1.29 is 5.11 Å². The first-order valence-electron chi connectivity index (χ1n) is 11.9. The van der Waals surface area contributed by atoms with E-state index in [1.807, 2.05) is 24.3 Å². The molecular weight excluding hydrogens is 539 g/mol. The number of fused-ring (bicyclic) bond motifs is 1. The summed E-state index contributed by atoms with van der Waals surface area (Å²) in [6.07, 6.45) is 5.42. The summed E-state index contributed by atoms with van der Waals surface area (Å²) >= 11 is 2.20. The molecule has 1 saturated heterocycles. The first-order valence-corrected chi connectivity index (χ1v) is 13.0. The Morgan fingerprint density at radius 2 is 1.88 bits per heavy atom. The van der Waals surface area contributed by atoms with Gasteiger partial charge in [0.05, 0.1) is 11.3 Å². The normalized spacial score (nSPS) is 16.1. The number of anilines is 1. The molecule has 0 saturated carbocycles. The van der Waals surface area contributed by atoms with Gasteiger partial charge in [-0.1, -0.05) is 6.92 Å². The average Bonchev–Trinajstić information content (AvgIpc) is 2.79. The molecule has 34 heavy (non-hydrogen) atoms. The molecule has 7 heteroatoms. The van der Waals surface area contributed by atoms with Crippen LogP contribution in [-0.4, -0.2) is 54.9 Å². The van der Waals surface area contributed by atoms with Gasteiger partial charge >= 0.3 is 0 Å². The number of benzene rings is 2. The van der Waals surface area contributed by atoms with Crippen molar-refractivity contribution in [1.82, 2.24) is 9.88 Å². The summed E-state index contributed by atoms with van der Waals surface area (Å²) in [6.45, 7) is 5.71. The number of H-pyrrole nitrogens is 1. The summed E-state index contributed by atoms with van der Waals surface area (Å²) < 4.78 is 0.991. The number of aromatic hydroxyl groups is 1. The van der Waals surface area contributed by atoms with Crippen LogP contribution in [0.2, 0.25) is 0 Å². The number of aliphatic imine (C=N–C) groups is 1. The number of rotatable bonds is 7. The van der Waals surface area contributed by atoms with Gasteiger partial charge in [0.15, 0.2) is 0 Å². The number of aromatic nitrogens is 1. The predicted octanol–water partition coefficient (Wildman–Crippen LogP) is 5.39. The maximum Gasteiger partial charge on any atom is 0.258 e. The van der Waals surface area contributed by atoms with Crippen LogP contribution >= 0.6 is 22.6 Å². The third-order valence-electron chi connectivity index (χ3n) is 6.59. The molecule has 2 aromatic carbocycles. The van der Waals surface area contributed by atoms with Crippen LogP contribution in [0.3, 0.4) is 0 Å². The number of piperidine rings is 1. The predicted molar refractivity (Wildman–Crippen MR) is 150 cm³/mol. The lowest BCUT2D eigenvalue weighted by atomic mass is 9.87. The molecule has 0 unspecified atom stereocenters. The Bertz CT molecular complexity index is 1210. The van der Waals surface area contributed by atoms with E-state index in [-0.39, 0.29) is 11.4 Å². The third-order valence-corrected chi connectivity index (χ3v) is 7.26. The van der Waals surface area contributed by atoms with Crippen molar-refractivity contribution in [3.8, 4) is 5.88 Å². The van der Waals surface area contributed by atoms with Gasteiger partial charge in [-0.3, -0.25) is 14.8 Å². The van der Waals surface area contributed by atoms with Gasteiger partial charge in [0, 0.05) is 45.9 Å². The number of nitrogens with one attached hydrogen (secondary N) is 1. The van der Waals surface area contributed by atoms with Crippen LogP contribution in [0.15, 0.2) is 52.3 Å². The summed E-state index contributed by atoms with van der Waals surface area (Å²) in [4.78, 5) is 24.0. The molecule has 0 radical (unpaired) electrons. The average molecular weight is 572 g/mol. The Morgan fingerprint density at radius 3 is 2.56 bits per heavy atom. The Labute approximate surface area is 214 Å². The fourth-order valence-electron chi connectivity index (χ4n) is 5.02. The first-order chi connectivity index (χ1) is 16.3. The number of halogens is 1. The van der Waals surface area contributed by atoms with E-state index in [9.17, 15) is 9.90 Å². The van der Waals surface area contributed by atoms with E-state index in [1.165, 1.54) is 24.9 Å². The standard InChI is InChI=1S/C27H33IN4O2/c1-18(17-31(2)3)14-19-10-12-32(13-11-19)22-7-5-21(6-8-22)29-16-25-24-15-20(28)4-9-23(24)26(33)30-27(25)34/h4-9,15-16,18-19H,10-14,17H2,1-3H3,(H2,30,33,34)/t18-/m1/s1. The van der Waals surface area contributed by atoms with Gasteiger partial charge in [0.1, 0.15) is 0 Å². The second-order valence-electron chi connectivity index (χ2n) is 9.71. The van der Waals surface area contributed by atoms with Gasteiger partial charge in [0.2, 0.25) is 5.88 Å². The zero-order valence-electron chi connectivity index (χ0n) is 20.1. The van der Waals surface area contributed by atoms with Gasteiger partial charge < -0.3 is 14.9 Å². The zero-order valence-corrected chi connectivity index (χ0v) is 22.2. The third kappa shape index (κ3) is 5.99. The maximum absolute atomic E-state index is 12.2.